The zero-order valence-electron chi connectivity index (χ0n) is 11.5. The van der Waals surface area contributed by atoms with Gasteiger partial charge in [-0.3, -0.25) is 9.59 Å². The maximum atomic E-state index is 11.9. The summed E-state index contributed by atoms with van der Waals surface area (Å²) in [5, 5.41) is 15.0. The molecule has 0 bridgehead atoms. The van der Waals surface area contributed by atoms with Crippen molar-refractivity contribution >= 4 is 29.2 Å². The van der Waals surface area contributed by atoms with Gasteiger partial charge in [0, 0.05) is 0 Å². The van der Waals surface area contributed by atoms with Crippen molar-refractivity contribution in [3.63, 3.8) is 0 Å². The molecule has 6 heteroatoms. The van der Waals surface area contributed by atoms with Gasteiger partial charge in [-0.1, -0.05) is 37.6 Å². The van der Waals surface area contributed by atoms with Gasteiger partial charge in [-0.2, -0.15) is 0 Å². The Kier molecular flexibility index (Phi) is 6.48. The van der Waals surface area contributed by atoms with E-state index in [1.54, 1.807) is 24.3 Å². The molecule has 0 saturated heterocycles. The van der Waals surface area contributed by atoms with Gasteiger partial charge in [0.2, 0.25) is 5.91 Å². The quantitative estimate of drug-likeness (QED) is 0.722. The van der Waals surface area contributed by atoms with Gasteiger partial charge in [0.05, 0.1) is 17.1 Å². The molecule has 0 saturated carbocycles. The largest absolute Gasteiger partial charge is 0.480 e. The number of benzene rings is 1. The van der Waals surface area contributed by atoms with Gasteiger partial charge >= 0.3 is 5.97 Å². The number of hydrogen-bond acceptors (Lipinski definition) is 3. The van der Waals surface area contributed by atoms with Crippen molar-refractivity contribution < 1.29 is 14.7 Å². The first-order valence-electron chi connectivity index (χ1n) is 6.40. The molecular weight excluding hydrogens is 280 g/mol. The molecule has 1 amide bonds. The molecule has 1 aromatic rings. The van der Waals surface area contributed by atoms with Crippen LogP contribution >= 0.6 is 11.6 Å². The minimum atomic E-state index is -1.04. The number of carbonyl (C=O) groups excluding carboxylic acids is 1. The lowest BCUT2D eigenvalue weighted by Gasteiger charge is -2.16. The van der Waals surface area contributed by atoms with Crippen LogP contribution in [0, 0.1) is 5.92 Å². The number of amides is 1. The first-order chi connectivity index (χ1) is 9.40. The first kappa shape index (κ1) is 16.5. The third kappa shape index (κ3) is 5.59. The van der Waals surface area contributed by atoms with E-state index in [4.69, 9.17) is 16.7 Å². The summed E-state index contributed by atoms with van der Waals surface area (Å²) >= 11 is 5.92. The number of hydrogen-bond donors (Lipinski definition) is 3. The van der Waals surface area contributed by atoms with Gasteiger partial charge in [-0.25, -0.2) is 0 Å². The molecule has 0 heterocycles. The second kappa shape index (κ2) is 7.87. The highest BCUT2D eigenvalue weighted by Crippen LogP contribution is 2.20. The predicted molar refractivity (Wildman–Crippen MR) is 79.0 cm³/mol. The third-order valence-corrected chi connectivity index (χ3v) is 2.94. The highest BCUT2D eigenvalue weighted by Gasteiger charge is 2.21. The normalized spacial score (nSPS) is 12.2. The van der Waals surface area contributed by atoms with E-state index < -0.39 is 12.0 Å². The van der Waals surface area contributed by atoms with Crippen molar-refractivity contribution in [3.8, 4) is 0 Å². The van der Waals surface area contributed by atoms with Crippen molar-refractivity contribution in [1.29, 1.82) is 0 Å². The summed E-state index contributed by atoms with van der Waals surface area (Å²) in [4.78, 5) is 22.9. The van der Waals surface area contributed by atoms with Gasteiger partial charge in [0.1, 0.15) is 6.04 Å². The number of carbonyl (C=O) groups is 2. The number of carboxylic acid groups (broad SMARTS) is 1. The fourth-order valence-corrected chi connectivity index (χ4v) is 1.76. The summed E-state index contributed by atoms with van der Waals surface area (Å²) in [5.74, 6) is -1.12. The average molecular weight is 299 g/mol. The molecule has 1 aromatic carbocycles. The molecule has 0 spiro atoms. The summed E-state index contributed by atoms with van der Waals surface area (Å²) in [6.07, 6.45) is -0.146. The van der Waals surface area contributed by atoms with E-state index in [2.05, 4.69) is 10.6 Å². The van der Waals surface area contributed by atoms with Crippen LogP contribution in [0.1, 0.15) is 20.3 Å². The van der Waals surface area contributed by atoms with Gasteiger partial charge in [0.15, 0.2) is 0 Å². The van der Waals surface area contributed by atoms with Crippen LogP contribution in [0.15, 0.2) is 24.3 Å². The third-order valence-electron chi connectivity index (χ3n) is 2.61. The fourth-order valence-electron chi connectivity index (χ4n) is 1.57. The molecular formula is C14H19ClN2O3. The van der Waals surface area contributed by atoms with Crippen LogP contribution in [-0.4, -0.2) is 29.6 Å². The SMILES string of the molecule is CC(C)CN[C@H](CC(=O)Nc1ccccc1Cl)C(=O)O. The summed E-state index contributed by atoms with van der Waals surface area (Å²) in [6.45, 7) is 4.47. The van der Waals surface area contributed by atoms with E-state index >= 15 is 0 Å². The van der Waals surface area contributed by atoms with Gasteiger partial charge < -0.3 is 15.7 Å². The van der Waals surface area contributed by atoms with Crippen LogP contribution in [0.3, 0.4) is 0 Å². The Morgan fingerprint density at radius 3 is 2.50 bits per heavy atom. The zero-order chi connectivity index (χ0) is 15.1. The predicted octanol–water partition coefficient (Wildman–Crippen LogP) is 2.37. The fraction of sp³-hybridized carbons (Fsp3) is 0.429. The second-order valence-corrected chi connectivity index (χ2v) is 5.33. The molecule has 20 heavy (non-hydrogen) atoms. The van der Waals surface area contributed by atoms with Crippen LogP contribution in [0.25, 0.3) is 0 Å². The minimum absolute atomic E-state index is 0.146. The highest BCUT2D eigenvalue weighted by molar-refractivity contribution is 6.33. The van der Waals surface area contributed by atoms with E-state index in [0.29, 0.717) is 23.2 Å². The minimum Gasteiger partial charge on any atom is -0.480 e. The number of para-hydroxylation sites is 1. The van der Waals surface area contributed by atoms with E-state index in [0.717, 1.165) is 0 Å². The zero-order valence-corrected chi connectivity index (χ0v) is 12.3. The van der Waals surface area contributed by atoms with Crippen molar-refractivity contribution in [2.24, 2.45) is 5.92 Å². The lowest BCUT2D eigenvalue weighted by Crippen LogP contribution is -2.41. The summed E-state index contributed by atoms with van der Waals surface area (Å²) in [7, 11) is 0. The van der Waals surface area contributed by atoms with E-state index in [-0.39, 0.29) is 12.3 Å². The molecule has 1 atom stereocenters. The van der Waals surface area contributed by atoms with E-state index in [1.807, 2.05) is 13.8 Å². The lowest BCUT2D eigenvalue weighted by atomic mass is 10.1. The van der Waals surface area contributed by atoms with E-state index in [9.17, 15) is 9.59 Å². The summed E-state index contributed by atoms with van der Waals surface area (Å²) in [5.41, 5.74) is 0.479. The number of carboxylic acids is 1. The van der Waals surface area contributed by atoms with Crippen LogP contribution in [-0.2, 0) is 9.59 Å². The van der Waals surface area contributed by atoms with Crippen LogP contribution in [0.5, 0.6) is 0 Å². The van der Waals surface area contributed by atoms with Crippen molar-refractivity contribution in [1.82, 2.24) is 5.32 Å². The lowest BCUT2D eigenvalue weighted by molar-refractivity contribution is -0.141. The topological polar surface area (TPSA) is 78.4 Å². The van der Waals surface area contributed by atoms with Gasteiger partial charge in [-0.15, -0.1) is 0 Å². The Morgan fingerprint density at radius 1 is 1.30 bits per heavy atom. The van der Waals surface area contributed by atoms with Crippen LogP contribution in [0.2, 0.25) is 5.02 Å². The Labute approximate surface area is 123 Å². The first-order valence-corrected chi connectivity index (χ1v) is 6.78. The van der Waals surface area contributed by atoms with Gasteiger partial charge in [0.25, 0.3) is 0 Å². The molecule has 0 unspecified atom stereocenters. The number of anilines is 1. The van der Waals surface area contributed by atoms with Crippen LogP contribution < -0.4 is 10.6 Å². The van der Waals surface area contributed by atoms with Crippen molar-refractivity contribution in [3.05, 3.63) is 29.3 Å². The molecule has 0 aliphatic heterocycles. The number of nitrogens with one attached hydrogen (secondary N) is 2. The standard InChI is InChI=1S/C14H19ClN2O3/c1-9(2)8-16-12(14(19)20)7-13(18)17-11-6-4-3-5-10(11)15/h3-6,9,12,16H,7-8H2,1-2H3,(H,17,18)(H,19,20)/t12-/m1/s1. The average Bonchev–Trinajstić information content (AvgIpc) is 2.36. The molecule has 5 nitrogen and oxygen atoms in total. The molecule has 0 aliphatic rings. The Morgan fingerprint density at radius 2 is 1.95 bits per heavy atom. The second-order valence-electron chi connectivity index (χ2n) is 4.93. The Bertz CT molecular complexity index is 477. The van der Waals surface area contributed by atoms with Crippen molar-refractivity contribution in [2.45, 2.75) is 26.3 Å². The maximum Gasteiger partial charge on any atom is 0.321 e. The molecule has 0 fully saturated rings. The van der Waals surface area contributed by atoms with E-state index in [1.165, 1.54) is 0 Å². The molecule has 0 radical (unpaired) electrons. The molecule has 0 aromatic heterocycles. The molecule has 3 N–H and O–H groups in total. The molecule has 0 aliphatic carbocycles. The summed E-state index contributed by atoms with van der Waals surface area (Å²) < 4.78 is 0. The monoisotopic (exact) mass is 298 g/mol. The molecule has 1 rings (SSSR count). The maximum absolute atomic E-state index is 11.9. The number of rotatable bonds is 7. The highest BCUT2D eigenvalue weighted by atomic mass is 35.5. The van der Waals surface area contributed by atoms with Crippen LogP contribution in [0.4, 0.5) is 5.69 Å². The van der Waals surface area contributed by atoms with Gasteiger partial charge in [-0.05, 0) is 24.6 Å². The Hall–Kier alpha value is -1.59. The Balaban J connectivity index is 2.58. The number of aliphatic carboxylic acids is 1. The smallest absolute Gasteiger partial charge is 0.321 e. The summed E-state index contributed by atoms with van der Waals surface area (Å²) in [6, 6.07) is 5.91. The van der Waals surface area contributed by atoms with Crippen molar-refractivity contribution in [2.75, 3.05) is 11.9 Å². The molecule has 110 valence electrons. The number of halogens is 1.